The van der Waals surface area contributed by atoms with Gasteiger partial charge in [-0.1, -0.05) is 11.6 Å². The standard InChI is InChI=1S/C10H9ClN4O/c1-7-8(11)9(15(14-7)5-6-16)10-12-3-2-4-13-10/h2-4,6H,5H2,1H3. The molecule has 82 valence electrons. The van der Waals surface area contributed by atoms with Crippen molar-refractivity contribution in [1.29, 1.82) is 0 Å². The largest absolute Gasteiger partial charge is 0.301 e. The zero-order valence-electron chi connectivity index (χ0n) is 8.59. The van der Waals surface area contributed by atoms with E-state index in [4.69, 9.17) is 11.6 Å². The molecule has 0 aliphatic heterocycles. The summed E-state index contributed by atoms with van der Waals surface area (Å²) in [5, 5.41) is 4.63. The lowest BCUT2D eigenvalue weighted by atomic mass is 10.3. The van der Waals surface area contributed by atoms with Crippen LogP contribution in [0.2, 0.25) is 5.02 Å². The minimum Gasteiger partial charge on any atom is -0.301 e. The number of aromatic nitrogens is 4. The SMILES string of the molecule is Cc1nn(CC=O)c(-c2ncccn2)c1Cl. The second kappa shape index (κ2) is 4.40. The zero-order valence-corrected chi connectivity index (χ0v) is 9.35. The average Bonchev–Trinajstić information content (AvgIpc) is 2.57. The van der Waals surface area contributed by atoms with Crippen LogP contribution >= 0.6 is 11.6 Å². The summed E-state index contributed by atoms with van der Waals surface area (Å²) < 4.78 is 1.50. The zero-order chi connectivity index (χ0) is 11.5. The number of rotatable bonds is 3. The van der Waals surface area contributed by atoms with Crippen molar-refractivity contribution in [1.82, 2.24) is 19.7 Å². The highest BCUT2D eigenvalue weighted by Crippen LogP contribution is 2.27. The predicted octanol–water partition coefficient (Wildman–Crippen LogP) is 1.50. The Kier molecular flexibility index (Phi) is 2.96. The molecule has 0 aromatic carbocycles. The fourth-order valence-electron chi connectivity index (χ4n) is 1.40. The van der Waals surface area contributed by atoms with Gasteiger partial charge in [0.15, 0.2) is 5.82 Å². The first-order valence-corrected chi connectivity index (χ1v) is 5.05. The van der Waals surface area contributed by atoms with Gasteiger partial charge in [0, 0.05) is 12.4 Å². The highest BCUT2D eigenvalue weighted by atomic mass is 35.5. The third kappa shape index (κ3) is 1.81. The molecule has 6 heteroatoms. The number of aldehydes is 1. The average molecular weight is 237 g/mol. The van der Waals surface area contributed by atoms with Crippen molar-refractivity contribution in [2.45, 2.75) is 13.5 Å². The first-order valence-electron chi connectivity index (χ1n) is 4.68. The Labute approximate surface area is 97.1 Å². The van der Waals surface area contributed by atoms with Gasteiger partial charge in [-0.2, -0.15) is 5.10 Å². The fraction of sp³-hybridized carbons (Fsp3) is 0.200. The Hall–Kier alpha value is -1.75. The second-order valence-electron chi connectivity index (χ2n) is 3.17. The van der Waals surface area contributed by atoms with Crippen molar-refractivity contribution in [3.63, 3.8) is 0 Å². The van der Waals surface area contributed by atoms with Crippen LogP contribution in [0.5, 0.6) is 0 Å². The summed E-state index contributed by atoms with van der Waals surface area (Å²) in [5.41, 5.74) is 1.23. The van der Waals surface area contributed by atoms with Crippen LogP contribution in [0.1, 0.15) is 5.69 Å². The lowest BCUT2D eigenvalue weighted by Crippen LogP contribution is -2.04. The Balaban J connectivity index is 2.58. The van der Waals surface area contributed by atoms with Crippen molar-refractivity contribution >= 4 is 17.9 Å². The van der Waals surface area contributed by atoms with Crippen LogP contribution < -0.4 is 0 Å². The summed E-state index contributed by atoms with van der Waals surface area (Å²) in [6, 6.07) is 1.71. The Morgan fingerprint density at radius 1 is 1.44 bits per heavy atom. The van der Waals surface area contributed by atoms with Crippen LogP contribution in [0, 0.1) is 6.92 Å². The predicted molar refractivity (Wildman–Crippen MR) is 59.1 cm³/mol. The molecule has 0 amide bonds. The van der Waals surface area contributed by atoms with E-state index in [0.717, 1.165) is 6.29 Å². The summed E-state index contributed by atoms with van der Waals surface area (Å²) in [7, 11) is 0. The Morgan fingerprint density at radius 3 is 2.75 bits per heavy atom. The number of hydrogen-bond donors (Lipinski definition) is 0. The summed E-state index contributed by atoms with van der Waals surface area (Å²) in [5.74, 6) is 0.468. The van der Waals surface area contributed by atoms with Gasteiger partial charge in [0.05, 0.1) is 17.3 Å². The minimum absolute atomic E-state index is 0.140. The van der Waals surface area contributed by atoms with E-state index in [9.17, 15) is 4.79 Å². The molecular weight excluding hydrogens is 228 g/mol. The smallest absolute Gasteiger partial charge is 0.179 e. The van der Waals surface area contributed by atoms with E-state index in [2.05, 4.69) is 15.1 Å². The second-order valence-corrected chi connectivity index (χ2v) is 3.55. The summed E-state index contributed by atoms with van der Waals surface area (Å²) in [6.45, 7) is 1.91. The van der Waals surface area contributed by atoms with Crippen molar-refractivity contribution in [3.05, 3.63) is 29.2 Å². The molecule has 0 spiro atoms. The van der Waals surface area contributed by atoms with Gasteiger partial charge in [-0.3, -0.25) is 4.68 Å². The number of halogens is 1. The molecule has 0 unspecified atom stereocenters. The van der Waals surface area contributed by atoms with Crippen molar-refractivity contribution in [3.8, 4) is 11.5 Å². The molecule has 2 heterocycles. The molecule has 2 aromatic rings. The van der Waals surface area contributed by atoms with E-state index >= 15 is 0 Å². The molecule has 16 heavy (non-hydrogen) atoms. The maximum absolute atomic E-state index is 10.5. The van der Waals surface area contributed by atoms with Gasteiger partial charge in [0.2, 0.25) is 0 Å². The first-order chi connectivity index (χ1) is 7.74. The summed E-state index contributed by atoms with van der Waals surface area (Å²) >= 11 is 6.10. The molecule has 0 bridgehead atoms. The van der Waals surface area contributed by atoms with E-state index < -0.39 is 0 Å². The van der Waals surface area contributed by atoms with Gasteiger partial charge in [-0.15, -0.1) is 0 Å². The molecular formula is C10H9ClN4O. The minimum atomic E-state index is 0.140. The quantitative estimate of drug-likeness (QED) is 0.758. The normalized spacial score (nSPS) is 10.4. The van der Waals surface area contributed by atoms with Crippen LogP contribution in [0.3, 0.4) is 0 Å². The molecule has 0 aliphatic carbocycles. The van der Waals surface area contributed by atoms with Crippen LogP contribution in [-0.2, 0) is 11.3 Å². The van der Waals surface area contributed by atoms with Crippen molar-refractivity contribution < 1.29 is 4.79 Å². The third-order valence-corrected chi connectivity index (χ3v) is 2.53. The van der Waals surface area contributed by atoms with Crippen LogP contribution in [0.25, 0.3) is 11.5 Å². The van der Waals surface area contributed by atoms with E-state index in [1.165, 1.54) is 4.68 Å². The molecule has 2 rings (SSSR count). The van der Waals surface area contributed by atoms with E-state index in [-0.39, 0.29) is 6.54 Å². The van der Waals surface area contributed by atoms with Crippen molar-refractivity contribution in [2.24, 2.45) is 0 Å². The molecule has 0 saturated heterocycles. The lowest BCUT2D eigenvalue weighted by Gasteiger charge is -2.02. The highest BCUT2D eigenvalue weighted by Gasteiger charge is 2.16. The number of aryl methyl sites for hydroxylation is 1. The van der Waals surface area contributed by atoms with Gasteiger partial charge >= 0.3 is 0 Å². The Morgan fingerprint density at radius 2 is 2.12 bits per heavy atom. The first kappa shape index (κ1) is 10.8. The topological polar surface area (TPSA) is 60.7 Å². The third-order valence-electron chi connectivity index (χ3n) is 2.08. The number of hydrogen-bond acceptors (Lipinski definition) is 4. The lowest BCUT2D eigenvalue weighted by molar-refractivity contribution is -0.108. The molecule has 0 radical (unpaired) electrons. The number of nitrogens with zero attached hydrogens (tertiary/aromatic N) is 4. The molecule has 0 aliphatic rings. The number of carbonyl (C=O) groups is 1. The molecule has 0 N–H and O–H groups in total. The van der Waals surface area contributed by atoms with E-state index in [1.807, 2.05) is 0 Å². The molecule has 5 nitrogen and oxygen atoms in total. The molecule has 2 aromatic heterocycles. The molecule has 0 saturated carbocycles. The molecule has 0 atom stereocenters. The van der Waals surface area contributed by atoms with Gasteiger partial charge in [-0.25, -0.2) is 9.97 Å². The maximum Gasteiger partial charge on any atom is 0.179 e. The van der Waals surface area contributed by atoms with Gasteiger partial charge < -0.3 is 4.79 Å². The van der Waals surface area contributed by atoms with Crippen LogP contribution in [-0.4, -0.2) is 26.0 Å². The van der Waals surface area contributed by atoms with Gasteiger partial charge in [0.25, 0.3) is 0 Å². The van der Waals surface area contributed by atoms with Crippen LogP contribution in [0.15, 0.2) is 18.5 Å². The fourth-order valence-corrected chi connectivity index (χ4v) is 1.62. The van der Waals surface area contributed by atoms with Crippen LogP contribution in [0.4, 0.5) is 0 Å². The maximum atomic E-state index is 10.5. The van der Waals surface area contributed by atoms with E-state index in [0.29, 0.717) is 22.2 Å². The van der Waals surface area contributed by atoms with Crippen molar-refractivity contribution in [2.75, 3.05) is 0 Å². The summed E-state index contributed by atoms with van der Waals surface area (Å²) in [6.07, 6.45) is 3.99. The highest BCUT2D eigenvalue weighted by molar-refractivity contribution is 6.33. The summed E-state index contributed by atoms with van der Waals surface area (Å²) in [4.78, 5) is 18.7. The monoisotopic (exact) mass is 236 g/mol. The number of carbonyl (C=O) groups excluding carboxylic acids is 1. The van der Waals surface area contributed by atoms with Gasteiger partial charge in [-0.05, 0) is 13.0 Å². The Bertz CT molecular complexity index is 509. The molecule has 0 fully saturated rings. The van der Waals surface area contributed by atoms with E-state index in [1.54, 1.807) is 25.4 Å². The van der Waals surface area contributed by atoms with Gasteiger partial charge in [0.1, 0.15) is 12.0 Å².